The van der Waals surface area contributed by atoms with E-state index >= 15 is 0 Å². The maximum absolute atomic E-state index is 14.3. The van der Waals surface area contributed by atoms with Crippen LogP contribution in [-0.2, 0) is 9.47 Å². The van der Waals surface area contributed by atoms with Crippen molar-refractivity contribution < 1.29 is 92.9 Å². The molecule has 0 bridgehead atoms. The average Bonchev–Trinajstić information content (AvgIpc) is 2.55. The quantitative estimate of drug-likeness (QED) is 0.293. The lowest BCUT2D eigenvalue weighted by Gasteiger charge is -2.45. The van der Waals surface area contributed by atoms with Crippen molar-refractivity contribution in [2.45, 2.75) is 67.5 Å². The van der Waals surface area contributed by atoms with E-state index in [0.29, 0.717) is 6.92 Å². The van der Waals surface area contributed by atoms with E-state index in [4.69, 9.17) is 0 Å². The van der Waals surface area contributed by atoms with Gasteiger partial charge in [-0.25, -0.2) is 0 Å². The summed E-state index contributed by atoms with van der Waals surface area (Å²) in [6.07, 6.45) is -32.8. The third-order valence-corrected chi connectivity index (χ3v) is 3.43. The molecule has 0 heterocycles. The van der Waals surface area contributed by atoms with Crippen molar-refractivity contribution >= 4 is 0 Å². The van der Waals surface area contributed by atoms with Crippen LogP contribution in [0.25, 0.3) is 0 Å². The van der Waals surface area contributed by atoms with Crippen LogP contribution in [0.4, 0.5) is 83.4 Å². The van der Waals surface area contributed by atoms with E-state index in [1.54, 1.807) is 0 Å². The summed E-state index contributed by atoms with van der Waals surface area (Å²) < 4.78 is 250. The summed E-state index contributed by atoms with van der Waals surface area (Å²) in [5.74, 6) is -40.1. The molecule has 0 spiro atoms. The number of alkyl halides is 19. The van der Waals surface area contributed by atoms with Gasteiger partial charge in [0.05, 0.1) is 6.61 Å². The second-order valence-corrected chi connectivity index (χ2v) is 5.87. The van der Waals surface area contributed by atoms with Crippen molar-refractivity contribution in [1.29, 1.82) is 0 Å². The number of ether oxygens (including phenoxy) is 2. The summed E-state index contributed by atoms with van der Waals surface area (Å²) in [5.41, 5.74) is 0. The largest absolute Gasteiger partial charge is 0.460 e. The number of rotatable bonds is 9. The van der Waals surface area contributed by atoms with Gasteiger partial charge in [-0.15, -0.1) is 0 Å². The molecule has 200 valence electrons. The first-order chi connectivity index (χ1) is 14.0. The van der Waals surface area contributed by atoms with Crippen molar-refractivity contribution in [1.82, 2.24) is 0 Å². The van der Waals surface area contributed by atoms with Gasteiger partial charge in [-0.1, -0.05) is 6.92 Å². The molecule has 0 saturated heterocycles. The molecule has 2 unspecified atom stereocenters. The van der Waals surface area contributed by atoms with Crippen LogP contribution in [0.2, 0.25) is 0 Å². The zero-order chi connectivity index (χ0) is 27.3. The summed E-state index contributed by atoms with van der Waals surface area (Å²) in [4.78, 5) is 0. The van der Waals surface area contributed by atoms with Gasteiger partial charge in [-0.05, 0) is 6.42 Å². The van der Waals surface area contributed by atoms with Gasteiger partial charge >= 0.3 is 54.1 Å². The van der Waals surface area contributed by atoms with Gasteiger partial charge < -0.3 is 4.74 Å². The molecule has 0 radical (unpaired) electrons. The van der Waals surface area contributed by atoms with Gasteiger partial charge in [-0.2, -0.15) is 83.4 Å². The Balaban J connectivity index is 7.14. The van der Waals surface area contributed by atoms with Gasteiger partial charge in [0.2, 0.25) is 0 Å². The molecule has 33 heavy (non-hydrogen) atoms. The van der Waals surface area contributed by atoms with Crippen molar-refractivity contribution in [3.8, 4) is 0 Å². The molecule has 0 aliphatic carbocycles. The molecule has 2 nitrogen and oxygen atoms in total. The van der Waals surface area contributed by atoms with E-state index in [1.165, 1.54) is 4.74 Å². The first kappa shape index (κ1) is 31.6. The average molecular weight is 544 g/mol. The van der Waals surface area contributed by atoms with Crippen LogP contribution >= 0.6 is 0 Å². The molecule has 0 aromatic rings. The Morgan fingerprint density at radius 2 is 0.818 bits per heavy atom. The van der Waals surface area contributed by atoms with Gasteiger partial charge in [0.1, 0.15) is 0 Å². The first-order valence-corrected chi connectivity index (χ1v) is 7.45. The number of hydrogen-bond acceptors (Lipinski definition) is 2. The zero-order valence-electron chi connectivity index (χ0n) is 14.9. The SMILES string of the molecule is CCCOC(F)(C(F)(F)C(F)(F)F)C(F)(OC(F)(F)C(F)(F)C(F)(F)C(F)(F)F)C(F)(F)F. The third-order valence-electron chi connectivity index (χ3n) is 3.43. The molecule has 0 rings (SSSR count). The highest BCUT2D eigenvalue weighted by molar-refractivity contribution is 5.07. The fourth-order valence-electron chi connectivity index (χ4n) is 1.72. The fraction of sp³-hybridized carbons (Fsp3) is 1.00. The van der Waals surface area contributed by atoms with Crippen molar-refractivity contribution in [2.75, 3.05) is 6.61 Å². The lowest BCUT2D eigenvalue weighted by atomic mass is 9.99. The van der Waals surface area contributed by atoms with E-state index in [2.05, 4.69) is 4.74 Å². The highest BCUT2D eigenvalue weighted by Gasteiger charge is 2.92. The molecule has 0 aliphatic rings. The summed E-state index contributed by atoms with van der Waals surface area (Å²) in [7, 11) is 0. The van der Waals surface area contributed by atoms with Crippen LogP contribution in [0.5, 0.6) is 0 Å². The minimum Gasteiger partial charge on any atom is -0.336 e. The fourth-order valence-corrected chi connectivity index (χ4v) is 1.72. The highest BCUT2D eigenvalue weighted by atomic mass is 19.4. The molecule has 0 N–H and O–H groups in total. The lowest BCUT2D eigenvalue weighted by molar-refractivity contribution is -0.545. The normalized spacial score (nSPS) is 19.3. The maximum Gasteiger partial charge on any atom is 0.460 e. The monoisotopic (exact) mass is 544 g/mol. The number of halogens is 19. The second-order valence-electron chi connectivity index (χ2n) is 5.87. The summed E-state index contributed by atoms with van der Waals surface area (Å²) >= 11 is 0. The third kappa shape index (κ3) is 4.75. The van der Waals surface area contributed by atoms with Crippen LogP contribution in [-0.4, -0.2) is 60.7 Å². The van der Waals surface area contributed by atoms with Gasteiger partial charge in [0.25, 0.3) is 0 Å². The van der Waals surface area contributed by atoms with Crippen molar-refractivity contribution in [2.24, 2.45) is 0 Å². The molecule has 0 saturated carbocycles. The zero-order valence-corrected chi connectivity index (χ0v) is 14.9. The van der Waals surface area contributed by atoms with Crippen LogP contribution < -0.4 is 0 Å². The summed E-state index contributed by atoms with van der Waals surface area (Å²) in [5, 5.41) is 0. The van der Waals surface area contributed by atoms with E-state index in [0.717, 1.165) is 0 Å². The second kappa shape index (κ2) is 8.36. The molecule has 0 aliphatic heterocycles. The van der Waals surface area contributed by atoms with E-state index in [-0.39, 0.29) is 0 Å². The van der Waals surface area contributed by atoms with E-state index < -0.39 is 67.1 Å². The topological polar surface area (TPSA) is 18.5 Å². The molecule has 0 aromatic carbocycles. The molecule has 0 fully saturated rings. The van der Waals surface area contributed by atoms with Gasteiger partial charge in [0.15, 0.2) is 0 Å². The minimum atomic E-state index is -8.33. The molecule has 0 aromatic heterocycles. The Morgan fingerprint density at radius 3 is 1.09 bits per heavy atom. The Kier molecular flexibility index (Phi) is 8.01. The van der Waals surface area contributed by atoms with Crippen molar-refractivity contribution in [3.05, 3.63) is 0 Å². The molecular weight excluding hydrogens is 537 g/mol. The Bertz CT molecular complexity index is 676. The van der Waals surface area contributed by atoms with Crippen LogP contribution in [0.3, 0.4) is 0 Å². The van der Waals surface area contributed by atoms with Gasteiger partial charge in [0, 0.05) is 0 Å². The Morgan fingerprint density at radius 1 is 0.455 bits per heavy atom. The minimum absolute atomic E-state index is 0.604. The number of hydrogen-bond donors (Lipinski definition) is 0. The van der Waals surface area contributed by atoms with Crippen LogP contribution in [0, 0.1) is 0 Å². The summed E-state index contributed by atoms with van der Waals surface area (Å²) in [6, 6.07) is 0. The first-order valence-electron chi connectivity index (χ1n) is 7.45. The summed E-state index contributed by atoms with van der Waals surface area (Å²) in [6.45, 7) is -1.53. The predicted molar refractivity (Wildman–Crippen MR) is 63.0 cm³/mol. The lowest BCUT2D eigenvalue weighted by Crippen LogP contribution is -2.74. The van der Waals surface area contributed by atoms with Gasteiger partial charge in [-0.3, -0.25) is 4.74 Å². The predicted octanol–water partition coefficient (Wildman–Crippen LogP) is 6.95. The molecular formula is C12H7F19O2. The highest BCUT2D eigenvalue weighted by Crippen LogP contribution is 2.61. The van der Waals surface area contributed by atoms with E-state index in [9.17, 15) is 83.4 Å². The molecule has 2 atom stereocenters. The van der Waals surface area contributed by atoms with Crippen molar-refractivity contribution in [3.63, 3.8) is 0 Å². The maximum atomic E-state index is 14.3. The smallest absolute Gasteiger partial charge is 0.336 e. The van der Waals surface area contributed by atoms with E-state index in [1.807, 2.05) is 0 Å². The Hall–Kier alpha value is -1.41. The standard InChI is InChI=1S/C12H7F19O2/c1-2-3-32-7(19,6(17,18)10(24,25)26)8(20,11(27,28)29)33-12(30,31)5(15,16)4(13,14)9(21,22)23/h2-3H2,1H3. The van der Waals surface area contributed by atoms with Crippen LogP contribution in [0.1, 0.15) is 13.3 Å². The Labute approximate surface area is 168 Å². The van der Waals surface area contributed by atoms with Crippen LogP contribution in [0.15, 0.2) is 0 Å². The molecule has 21 heteroatoms. The molecule has 0 amide bonds.